The van der Waals surface area contributed by atoms with Crippen molar-refractivity contribution in [3.8, 4) is 11.3 Å². The first-order chi connectivity index (χ1) is 8.22. The Kier molecular flexibility index (Phi) is 4.13. The predicted octanol–water partition coefficient (Wildman–Crippen LogP) is 4.51. The molecule has 88 valence electrons. The molecule has 0 saturated heterocycles. The van der Waals surface area contributed by atoms with Gasteiger partial charge < -0.3 is 0 Å². The Morgan fingerprint density at radius 2 is 2.12 bits per heavy atom. The van der Waals surface area contributed by atoms with Crippen molar-refractivity contribution < 1.29 is 0 Å². The normalized spacial score (nSPS) is 10.5. The second kappa shape index (κ2) is 5.61. The molecule has 0 aliphatic rings. The molecular formula is C13H12BrClN2. The highest BCUT2D eigenvalue weighted by molar-refractivity contribution is 9.10. The third kappa shape index (κ3) is 2.85. The van der Waals surface area contributed by atoms with Crippen molar-refractivity contribution in [2.24, 2.45) is 0 Å². The molecule has 0 N–H and O–H groups in total. The molecule has 0 fully saturated rings. The van der Waals surface area contributed by atoms with Gasteiger partial charge in [0.05, 0.1) is 5.69 Å². The number of aromatic nitrogens is 2. The fourth-order valence-corrected chi connectivity index (χ4v) is 2.37. The average Bonchev–Trinajstić information content (AvgIpc) is 2.32. The Morgan fingerprint density at radius 1 is 1.29 bits per heavy atom. The van der Waals surface area contributed by atoms with Crippen LogP contribution in [-0.4, -0.2) is 9.97 Å². The standard InChI is InChI=1S/C13H12BrClN2/c1-2-4-11-12(16-8-17-13(11)15)9-5-3-6-10(14)7-9/h3,5-8H,2,4H2,1H3. The zero-order valence-corrected chi connectivity index (χ0v) is 11.8. The molecule has 2 aromatic rings. The number of hydrogen-bond donors (Lipinski definition) is 0. The van der Waals surface area contributed by atoms with E-state index in [-0.39, 0.29) is 0 Å². The summed E-state index contributed by atoms with van der Waals surface area (Å²) in [7, 11) is 0. The van der Waals surface area contributed by atoms with E-state index in [0.29, 0.717) is 5.15 Å². The van der Waals surface area contributed by atoms with Crippen molar-refractivity contribution in [3.63, 3.8) is 0 Å². The summed E-state index contributed by atoms with van der Waals surface area (Å²) in [5, 5.41) is 0.553. The van der Waals surface area contributed by atoms with E-state index >= 15 is 0 Å². The topological polar surface area (TPSA) is 25.8 Å². The molecule has 0 saturated carbocycles. The highest BCUT2D eigenvalue weighted by atomic mass is 79.9. The number of benzene rings is 1. The summed E-state index contributed by atoms with van der Waals surface area (Å²) >= 11 is 9.60. The van der Waals surface area contributed by atoms with Crippen LogP contribution in [0.4, 0.5) is 0 Å². The Hall–Kier alpha value is -0.930. The summed E-state index contributed by atoms with van der Waals surface area (Å²) in [5.74, 6) is 0. The summed E-state index contributed by atoms with van der Waals surface area (Å²) in [5.41, 5.74) is 3.01. The summed E-state index contributed by atoms with van der Waals surface area (Å²) in [6.07, 6.45) is 3.42. The number of rotatable bonds is 3. The van der Waals surface area contributed by atoms with Crippen LogP contribution >= 0.6 is 27.5 Å². The van der Waals surface area contributed by atoms with Crippen LogP contribution in [0, 0.1) is 0 Å². The fraction of sp³-hybridized carbons (Fsp3) is 0.231. The van der Waals surface area contributed by atoms with Crippen LogP contribution in [0.3, 0.4) is 0 Å². The van der Waals surface area contributed by atoms with Crippen molar-refractivity contribution in [1.29, 1.82) is 0 Å². The zero-order valence-electron chi connectivity index (χ0n) is 9.45. The second-order valence-corrected chi connectivity index (χ2v) is 5.03. The van der Waals surface area contributed by atoms with E-state index in [1.807, 2.05) is 24.3 Å². The lowest BCUT2D eigenvalue weighted by atomic mass is 10.0. The van der Waals surface area contributed by atoms with Gasteiger partial charge in [-0.25, -0.2) is 9.97 Å². The fourth-order valence-electron chi connectivity index (χ4n) is 1.75. The SMILES string of the molecule is CCCc1c(Cl)ncnc1-c1cccc(Br)c1. The molecule has 1 aromatic carbocycles. The third-order valence-corrected chi connectivity index (χ3v) is 3.31. The smallest absolute Gasteiger partial charge is 0.136 e. The van der Waals surface area contributed by atoms with Crippen molar-refractivity contribution in [2.45, 2.75) is 19.8 Å². The monoisotopic (exact) mass is 310 g/mol. The van der Waals surface area contributed by atoms with Crippen LogP contribution in [0.25, 0.3) is 11.3 Å². The maximum absolute atomic E-state index is 6.14. The van der Waals surface area contributed by atoms with Gasteiger partial charge in [-0.1, -0.05) is 53.0 Å². The number of nitrogens with zero attached hydrogens (tertiary/aromatic N) is 2. The maximum Gasteiger partial charge on any atom is 0.136 e. The summed E-state index contributed by atoms with van der Waals surface area (Å²) < 4.78 is 1.03. The first-order valence-corrected chi connectivity index (χ1v) is 6.64. The molecule has 4 heteroatoms. The van der Waals surface area contributed by atoms with Crippen LogP contribution in [0.15, 0.2) is 35.1 Å². The minimum atomic E-state index is 0.553. The van der Waals surface area contributed by atoms with E-state index in [1.165, 1.54) is 6.33 Å². The number of halogens is 2. The molecule has 0 amide bonds. The average molecular weight is 312 g/mol. The van der Waals surface area contributed by atoms with Crippen LogP contribution in [0.1, 0.15) is 18.9 Å². The lowest BCUT2D eigenvalue weighted by Gasteiger charge is -2.09. The molecule has 1 aromatic heterocycles. The molecule has 0 spiro atoms. The second-order valence-electron chi connectivity index (χ2n) is 3.75. The summed E-state index contributed by atoms with van der Waals surface area (Å²) in [6.45, 7) is 2.12. The molecule has 0 bridgehead atoms. The van der Waals surface area contributed by atoms with Crippen LogP contribution in [-0.2, 0) is 6.42 Å². The Morgan fingerprint density at radius 3 is 2.82 bits per heavy atom. The molecule has 2 nitrogen and oxygen atoms in total. The summed E-state index contributed by atoms with van der Waals surface area (Å²) in [4.78, 5) is 8.40. The Balaban J connectivity index is 2.54. The molecular weight excluding hydrogens is 300 g/mol. The van der Waals surface area contributed by atoms with Gasteiger partial charge >= 0.3 is 0 Å². The van der Waals surface area contributed by atoms with Crippen LogP contribution in [0.2, 0.25) is 5.15 Å². The largest absolute Gasteiger partial charge is 0.236 e. The third-order valence-electron chi connectivity index (χ3n) is 2.49. The van der Waals surface area contributed by atoms with E-state index in [9.17, 15) is 0 Å². The van der Waals surface area contributed by atoms with Gasteiger partial charge in [-0.2, -0.15) is 0 Å². The highest BCUT2D eigenvalue weighted by Gasteiger charge is 2.10. The van der Waals surface area contributed by atoms with Gasteiger partial charge in [-0.05, 0) is 18.6 Å². The molecule has 17 heavy (non-hydrogen) atoms. The molecule has 2 rings (SSSR count). The Bertz CT molecular complexity index is 529. The first kappa shape index (κ1) is 12.5. The quantitative estimate of drug-likeness (QED) is 0.779. The molecule has 0 aliphatic carbocycles. The van der Waals surface area contributed by atoms with Gasteiger partial charge in [0.1, 0.15) is 11.5 Å². The van der Waals surface area contributed by atoms with Crippen molar-refractivity contribution >= 4 is 27.5 Å². The van der Waals surface area contributed by atoms with Gasteiger partial charge in [-0.3, -0.25) is 0 Å². The molecule has 0 aliphatic heterocycles. The van der Waals surface area contributed by atoms with E-state index in [4.69, 9.17) is 11.6 Å². The molecule has 0 unspecified atom stereocenters. The molecule has 1 heterocycles. The zero-order chi connectivity index (χ0) is 12.3. The lowest BCUT2D eigenvalue weighted by Crippen LogP contribution is -1.96. The minimum absolute atomic E-state index is 0.553. The van der Waals surface area contributed by atoms with Gasteiger partial charge in [0, 0.05) is 15.6 Å². The van der Waals surface area contributed by atoms with E-state index in [0.717, 1.165) is 34.1 Å². The van der Waals surface area contributed by atoms with Gasteiger partial charge in [-0.15, -0.1) is 0 Å². The summed E-state index contributed by atoms with van der Waals surface area (Å²) in [6, 6.07) is 8.05. The van der Waals surface area contributed by atoms with Crippen molar-refractivity contribution in [3.05, 3.63) is 45.8 Å². The minimum Gasteiger partial charge on any atom is -0.236 e. The van der Waals surface area contributed by atoms with E-state index in [2.05, 4.69) is 32.8 Å². The molecule has 0 atom stereocenters. The van der Waals surface area contributed by atoms with Gasteiger partial charge in [0.25, 0.3) is 0 Å². The molecule has 0 radical (unpaired) electrons. The van der Waals surface area contributed by atoms with E-state index < -0.39 is 0 Å². The van der Waals surface area contributed by atoms with Crippen molar-refractivity contribution in [2.75, 3.05) is 0 Å². The van der Waals surface area contributed by atoms with Crippen molar-refractivity contribution in [1.82, 2.24) is 9.97 Å². The Labute approximate surface area is 114 Å². The number of hydrogen-bond acceptors (Lipinski definition) is 2. The maximum atomic E-state index is 6.14. The van der Waals surface area contributed by atoms with Gasteiger partial charge in [0.2, 0.25) is 0 Å². The van der Waals surface area contributed by atoms with E-state index in [1.54, 1.807) is 0 Å². The predicted molar refractivity (Wildman–Crippen MR) is 74.2 cm³/mol. The van der Waals surface area contributed by atoms with Crippen LogP contribution < -0.4 is 0 Å². The lowest BCUT2D eigenvalue weighted by molar-refractivity contribution is 0.904. The first-order valence-electron chi connectivity index (χ1n) is 5.47. The van der Waals surface area contributed by atoms with Gasteiger partial charge in [0.15, 0.2) is 0 Å². The highest BCUT2D eigenvalue weighted by Crippen LogP contribution is 2.28. The van der Waals surface area contributed by atoms with Crippen LogP contribution in [0.5, 0.6) is 0 Å².